The minimum atomic E-state index is -1.08. The fourth-order valence-corrected chi connectivity index (χ4v) is 1.33. The van der Waals surface area contributed by atoms with Crippen molar-refractivity contribution >= 4 is 8.60 Å². The minimum absolute atomic E-state index is 0.266. The minimum Gasteiger partial charge on any atom is -0.355 e. The largest absolute Gasteiger partial charge is 0.355 e. The molecule has 0 N–H and O–H groups in total. The van der Waals surface area contributed by atoms with Crippen LogP contribution in [-0.2, 0) is 18.3 Å². The molecule has 1 fully saturated rings. The van der Waals surface area contributed by atoms with Crippen molar-refractivity contribution in [2.24, 2.45) is 0 Å². The zero-order valence-electron chi connectivity index (χ0n) is 5.91. The lowest BCUT2D eigenvalue weighted by molar-refractivity contribution is 0.0151. The highest BCUT2D eigenvalue weighted by atomic mass is 31.2. The second-order valence-corrected chi connectivity index (χ2v) is 2.85. The van der Waals surface area contributed by atoms with E-state index >= 15 is 0 Å². The zero-order valence-corrected chi connectivity index (χ0v) is 6.80. The van der Waals surface area contributed by atoms with Crippen LogP contribution in [0.25, 0.3) is 0 Å². The zero-order chi connectivity index (χ0) is 7.23. The summed E-state index contributed by atoms with van der Waals surface area (Å²) in [5.41, 5.74) is 0. The molecule has 1 rings (SSSR count). The Bertz CT molecular complexity index is 83.7. The summed E-state index contributed by atoms with van der Waals surface area (Å²) in [6.07, 6.45) is 0. The van der Waals surface area contributed by atoms with Crippen LogP contribution in [0.15, 0.2) is 0 Å². The Balaban J connectivity index is 1.91. The molecule has 1 aliphatic rings. The van der Waals surface area contributed by atoms with Gasteiger partial charge in [0.2, 0.25) is 0 Å². The van der Waals surface area contributed by atoms with Crippen LogP contribution in [0.2, 0.25) is 0 Å². The van der Waals surface area contributed by atoms with Crippen molar-refractivity contribution in [2.45, 2.75) is 6.92 Å². The monoisotopic (exact) mass is 166 g/mol. The molecule has 0 spiro atoms. The number of rotatable bonds is 4. The lowest BCUT2D eigenvalue weighted by atomic mass is 10.8. The number of hydrogen-bond acceptors (Lipinski definition) is 4. The van der Waals surface area contributed by atoms with Crippen LogP contribution in [0, 0.1) is 0 Å². The molecular formula is C5H11O4P. The highest BCUT2D eigenvalue weighted by Crippen LogP contribution is 2.43. The molecule has 0 saturated carbocycles. The van der Waals surface area contributed by atoms with Crippen molar-refractivity contribution in [1.29, 1.82) is 0 Å². The Kier molecular flexibility index (Phi) is 4.18. The molecule has 10 heavy (non-hydrogen) atoms. The summed E-state index contributed by atoms with van der Waals surface area (Å²) in [7, 11) is -1.08. The molecule has 0 aromatic heterocycles. The van der Waals surface area contributed by atoms with E-state index in [1.165, 1.54) is 0 Å². The summed E-state index contributed by atoms with van der Waals surface area (Å²) in [5.74, 6) is 0. The Hall–Kier alpha value is 0.270. The molecule has 4 nitrogen and oxygen atoms in total. The first kappa shape index (κ1) is 8.37. The van der Waals surface area contributed by atoms with Gasteiger partial charge in [0.05, 0.1) is 13.2 Å². The van der Waals surface area contributed by atoms with Gasteiger partial charge in [-0.1, -0.05) is 0 Å². The van der Waals surface area contributed by atoms with E-state index in [1.54, 1.807) is 0 Å². The maximum Gasteiger partial charge on any atom is 0.335 e. The summed E-state index contributed by atoms with van der Waals surface area (Å²) in [6, 6.07) is 0. The first-order valence-electron chi connectivity index (χ1n) is 3.20. The number of ether oxygens (including phenoxy) is 1. The van der Waals surface area contributed by atoms with Crippen LogP contribution >= 0.6 is 8.60 Å². The standard InChI is InChI=1S/C5H11O4P/c1-2-6-5-9-10-7-3-4-8-10/h2-5H2,1H3. The van der Waals surface area contributed by atoms with Gasteiger partial charge in [-0.25, -0.2) is 0 Å². The maximum atomic E-state index is 5.04. The first-order valence-corrected chi connectivity index (χ1v) is 4.29. The molecule has 0 bridgehead atoms. The molecule has 0 amide bonds. The third-order valence-corrected chi connectivity index (χ3v) is 2.03. The quantitative estimate of drug-likeness (QED) is 0.358. The van der Waals surface area contributed by atoms with Gasteiger partial charge in [0.1, 0.15) is 0 Å². The van der Waals surface area contributed by atoms with Crippen LogP contribution in [0.3, 0.4) is 0 Å². The molecule has 0 aromatic rings. The van der Waals surface area contributed by atoms with Gasteiger partial charge in [-0.2, -0.15) is 0 Å². The van der Waals surface area contributed by atoms with E-state index in [1.807, 2.05) is 6.92 Å². The third-order valence-electron chi connectivity index (χ3n) is 0.922. The Labute approximate surface area is 61.4 Å². The topological polar surface area (TPSA) is 36.9 Å². The van der Waals surface area contributed by atoms with Crippen LogP contribution in [-0.4, -0.2) is 26.6 Å². The molecule has 60 valence electrons. The third kappa shape index (κ3) is 2.90. The van der Waals surface area contributed by atoms with E-state index in [4.69, 9.17) is 18.3 Å². The van der Waals surface area contributed by atoms with Crippen LogP contribution < -0.4 is 0 Å². The SMILES string of the molecule is CCOCOP1OCCO1. The average Bonchev–Trinajstić information content (AvgIpc) is 2.41. The summed E-state index contributed by atoms with van der Waals surface area (Å²) in [5, 5.41) is 0. The van der Waals surface area contributed by atoms with Gasteiger partial charge in [-0.05, 0) is 6.92 Å². The lowest BCUT2D eigenvalue weighted by Crippen LogP contribution is -1.95. The van der Waals surface area contributed by atoms with Gasteiger partial charge in [0, 0.05) is 6.61 Å². The first-order chi connectivity index (χ1) is 4.93. The maximum absolute atomic E-state index is 5.04. The predicted molar refractivity (Wildman–Crippen MR) is 36.4 cm³/mol. The van der Waals surface area contributed by atoms with Gasteiger partial charge in [0.15, 0.2) is 6.79 Å². The van der Waals surface area contributed by atoms with E-state index in [-0.39, 0.29) is 6.79 Å². The normalized spacial score (nSPS) is 20.1. The van der Waals surface area contributed by atoms with E-state index in [9.17, 15) is 0 Å². The molecule has 0 radical (unpaired) electrons. The predicted octanol–water partition coefficient (Wildman–Crippen LogP) is 1.27. The van der Waals surface area contributed by atoms with E-state index < -0.39 is 8.60 Å². The van der Waals surface area contributed by atoms with Gasteiger partial charge in [-0.15, -0.1) is 0 Å². The second kappa shape index (κ2) is 4.99. The lowest BCUT2D eigenvalue weighted by Gasteiger charge is -2.06. The van der Waals surface area contributed by atoms with Crippen LogP contribution in [0.1, 0.15) is 6.92 Å². The Morgan fingerprint density at radius 3 is 2.70 bits per heavy atom. The van der Waals surface area contributed by atoms with Crippen molar-refractivity contribution in [3.63, 3.8) is 0 Å². The summed E-state index contributed by atoms with van der Waals surface area (Å²) >= 11 is 0. The smallest absolute Gasteiger partial charge is 0.335 e. The molecular weight excluding hydrogens is 155 g/mol. The van der Waals surface area contributed by atoms with Crippen molar-refractivity contribution in [1.82, 2.24) is 0 Å². The molecule has 1 aliphatic heterocycles. The highest BCUT2D eigenvalue weighted by Gasteiger charge is 2.18. The molecule has 5 heteroatoms. The Morgan fingerprint density at radius 2 is 2.10 bits per heavy atom. The molecule has 0 atom stereocenters. The van der Waals surface area contributed by atoms with Gasteiger partial charge < -0.3 is 13.8 Å². The van der Waals surface area contributed by atoms with Crippen LogP contribution in [0.4, 0.5) is 0 Å². The van der Waals surface area contributed by atoms with Crippen molar-refractivity contribution in [3.8, 4) is 0 Å². The molecule has 0 aromatic carbocycles. The van der Waals surface area contributed by atoms with E-state index in [0.717, 1.165) is 0 Å². The van der Waals surface area contributed by atoms with Crippen LogP contribution in [0.5, 0.6) is 0 Å². The molecule has 1 saturated heterocycles. The molecule has 0 aliphatic carbocycles. The molecule has 0 unspecified atom stereocenters. The van der Waals surface area contributed by atoms with E-state index in [2.05, 4.69) is 0 Å². The fourth-order valence-electron chi connectivity index (χ4n) is 0.499. The number of hydrogen-bond donors (Lipinski definition) is 0. The second-order valence-electron chi connectivity index (χ2n) is 1.63. The summed E-state index contributed by atoms with van der Waals surface area (Å²) in [6.45, 7) is 4.11. The van der Waals surface area contributed by atoms with Crippen molar-refractivity contribution < 1.29 is 18.3 Å². The van der Waals surface area contributed by atoms with Crippen molar-refractivity contribution in [2.75, 3.05) is 26.6 Å². The van der Waals surface area contributed by atoms with Gasteiger partial charge in [-0.3, -0.25) is 4.52 Å². The average molecular weight is 166 g/mol. The van der Waals surface area contributed by atoms with Gasteiger partial charge in [0.25, 0.3) is 0 Å². The summed E-state index contributed by atoms with van der Waals surface area (Å²) in [4.78, 5) is 0. The fraction of sp³-hybridized carbons (Fsp3) is 1.00. The highest BCUT2D eigenvalue weighted by molar-refractivity contribution is 7.41. The van der Waals surface area contributed by atoms with Crippen molar-refractivity contribution in [3.05, 3.63) is 0 Å². The summed E-state index contributed by atoms with van der Waals surface area (Å²) < 4.78 is 20.1. The Morgan fingerprint density at radius 1 is 1.40 bits per heavy atom. The van der Waals surface area contributed by atoms with E-state index in [0.29, 0.717) is 19.8 Å². The van der Waals surface area contributed by atoms with Gasteiger partial charge >= 0.3 is 8.60 Å². The molecule has 1 heterocycles.